The quantitative estimate of drug-likeness (QED) is 0.802. The lowest BCUT2D eigenvalue weighted by Gasteiger charge is -2.19. The number of nitrogens with zero attached hydrogens (tertiary/aromatic N) is 2. The first kappa shape index (κ1) is 11.2. The van der Waals surface area contributed by atoms with Gasteiger partial charge in [-0.25, -0.2) is 4.98 Å². The summed E-state index contributed by atoms with van der Waals surface area (Å²) in [6, 6.07) is 3.64. The number of ether oxygens (including phenoxy) is 2. The number of nitrogens with two attached hydrogens (primary N) is 1. The van der Waals surface area contributed by atoms with E-state index < -0.39 is 0 Å². The molecule has 1 aromatic carbocycles. The zero-order valence-corrected chi connectivity index (χ0v) is 10.6. The lowest BCUT2D eigenvalue weighted by Crippen LogP contribution is -2.15. The van der Waals surface area contributed by atoms with Crippen molar-refractivity contribution in [3.63, 3.8) is 0 Å². The normalized spacial score (nSPS) is 13.6. The number of hydrogen-bond acceptors (Lipinski definition) is 6. The fourth-order valence-corrected chi connectivity index (χ4v) is 2.45. The van der Waals surface area contributed by atoms with E-state index in [0.29, 0.717) is 35.6 Å². The number of anilines is 1. The predicted octanol–water partition coefficient (Wildman–Crippen LogP) is 1.62. The highest BCUT2D eigenvalue weighted by atomic mass is 32.2. The number of aromatic amines is 1. The van der Waals surface area contributed by atoms with Crippen LogP contribution in [0.15, 0.2) is 22.2 Å². The van der Waals surface area contributed by atoms with Crippen molar-refractivity contribution in [1.29, 1.82) is 0 Å². The van der Waals surface area contributed by atoms with Crippen molar-refractivity contribution in [2.75, 3.05) is 18.9 Å². The minimum atomic E-state index is 0.555. The SMILES string of the molecule is Cc1nc(Sc2cc3c(cc2N)OCCO3)n[nH]1. The zero-order valence-electron chi connectivity index (χ0n) is 9.77. The van der Waals surface area contributed by atoms with Gasteiger partial charge in [-0.05, 0) is 18.7 Å². The van der Waals surface area contributed by atoms with Gasteiger partial charge in [-0.2, -0.15) is 0 Å². The fraction of sp³-hybridized carbons (Fsp3) is 0.273. The smallest absolute Gasteiger partial charge is 0.213 e. The lowest BCUT2D eigenvalue weighted by atomic mass is 10.2. The second-order valence-corrected chi connectivity index (χ2v) is 4.85. The third-order valence-electron chi connectivity index (χ3n) is 2.45. The summed E-state index contributed by atoms with van der Waals surface area (Å²) in [5.74, 6) is 2.17. The van der Waals surface area contributed by atoms with Crippen LogP contribution in [0.5, 0.6) is 11.5 Å². The van der Waals surface area contributed by atoms with Crippen LogP contribution in [0.2, 0.25) is 0 Å². The van der Waals surface area contributed by atoms with Gasteiger partial charge in [0, 0.05) is 22.7 Å². The molecule has 2 heterocycles. The number of benzene rings is 1. The number of hydrogen-bond donors (Lipinski definition) is 2. The Labute approximate surface area is 108 Å². The molecule has 1 aromatic heterocycles. The summed E-state index contributed by atoms with van der Waals surface area (Å²) in [5, 5.41) is 7.49. The third kappa shape index (κ3) is 2.08. The number of rotatable bonds is 2. The average Bonchev–Trinajstić information content (AvgIpc) is 2.76. The van der Waals surface area contributed by atoms with E-state index in [1.165, 1.54) is 11.8 Å². The van der Waals surface area contributed by atoms with Crippen molar-refractivity contribution in [3.8, 4) is 11.5 Å². The summed E-state index contributed by atoms with van der Waals surface area (Å²) in [7, 11) is 0. The number of nitrogen functional groups attached to an aromatic ring is 1. The van der Waals surface area contributed by atoms with Crippen LogP contribution >= 0.6 is 11.8 Å². The molecule has 0 amide bonds. The van der Waals surface area contributed by atoms with Gasteiger partial charge in [0.15, 0.2) is 11.5 Å². The fourth-order valence-electron chi connectivity index (χ4n) is 1.64. The van der Waals surface area contributed by atoms with E-state index in [2.05, 4.69) is 15.2 Å². The lowest BCUT2D eigenvalue weighted by molar-refractivity contribution is 0.171. The summed E-state index contributed by atoms with van der Waals surface area (Å²) in [6.45, 7) is 2.96. The number of aromatic nitrogens is 3. The molecule has 0 bridgehead atoms. The van der Waals surface area contributed by atoms with E-state index in [-0.39, 0.29) is 0 Å². The summed E-state index contributed by atoms with van der Waals surface area (Å²) in [5.41, 5.74) is 6.61. The Morgan fingerprint density at radius 1 is 1.28 bits per heavy atom. The Morgan fingerprint density at radius 2 is 2.00 bits per heavy atom. The molecule has 0 fully saturated rings. The van der Waals surface area contributed by atoms with E-state index in [0.717, 1.165) is 10.7 Å². The first-order chi connectivity index (χ1) is 8.72. The minimum Gasteiger partial charge on any atom is -0.486 e. The second-order valence-electron chi connectivity index (χ2n) is 3.84. The molecular weight excluding hydrogens is 252 g/mol. The molecule has 0 saturated carbocycles. The second kappa shape index (κ2) is 4.41. The Morgan fingerprint density at radius 3 is 2.67 bits per heavy atom. The summed E-state index contributed by atoms with van der Waals surface area (Å²) in [6.07, 6.45) is 0. The van der Waals surface area contributed by atoms with Crippen LogP contribution < -0.4 is 15.2 Å². The van der Waals surface area contributed by atoms with Gasteiger partial charge in [0.25, 0.3) is 0 Å². The van der Waals surface area contributed by atoms with Crippen LogP contribution in [0, 0.1) is 6.92 Å². The van der Waals surface area contributed by atoms with Crippen molar-refractivity contribution in [3.05, 3.63) is 18.0 Å². The Bertz CT molecular complexity index is 584. The molecule has 0 aliphatic carbocycles. The predicted molar refractivity (Wildman–Crippen MR) is 67.1 cm³/mol. The summed E-state index contributed by atoms with van der Waals surface area (Å²) >= 11 is 1.39. The van der Waals surface area contributed by atoms with Gasteiger partial charge in [-0.1, -0.05) is 0 Å². The third-order valence-corrected chi connectivity index (χ3v) is 3.39. The van der Waals surface area contributed by atoms with Gasteiger partial charge in [-0.3, -0.25) is 5.10 Å². The zero-order chi connectivity index (χ0) is 12.5. The maximum absolute atomic E-state index is 5.98. The Kier molecular flexibility index (Phi) is 2.75. The van der Waals surface area contributed by atoms with Crippen molar-refractivity contribution >= 4 is 17.4 Å². The van der Waals surface area contributed by atoms with Gasteiger partial charge in [0.2, 0.25) is 5.16 Å². The van der Waals surface area contributed by atoms with E-state index in [1.54, 1.807) is 6.07 Å². The highest BCUT2D eigenvalue weighted by Gasteiger charge is 2.16. The largest absolute Gasteiger partial charge is 0.486 e. The molecule has 1 aliphatic heterocycles. The molecule has 2 aromatic rings. The minimum absolute atomic E-state index is 0.555. The van der Waals surface area contributed by atoms with Crippen LogP contribution in [0.25, 0.3) is 0 Å². The van der Waals surface area contributed by atoms with Gasteiger partial charge >= 0.3 is 0 Å². The Balaban J connectivity index is 1.92. The van der Waals surface area contributed by atoms with Crippen molar-refractivity contribution in [1.82, 2.24) is 15.2 Å². The van der Waals surface area contributed by atoms with Gasteiger partial charge in [0.1, 0.15) is 19.0 Å². The van der Waals surface area contributed by atoms with Gasteiger partial charge in [-0.15, -0.1) is 5.10 Å². The molecule has 6 nitrogen and oxygen atoms in total. The van der Waals surface area contributed by atoms with E-state index in [1.807, 2.05) is 13.0 Å². The summed E-state index contributed by atoms with van der Waals surface area (Å²) in [4.78, 5) is 5.09. The molecule has 7 heteroatoms. The van der Waals surface area contributed by atoms with Crippen LogP contribution in [-0.4, -0.2) is 28.4 Å². The molecule has 1 aliphatic rings. The number of fused-ring (bicyclic) bond motifs is 1. The first-order valence-electron chi connectivity index (χ1n) is 5.48. The monoisotopic (exact) mass is 264 g/mol. The van der Waals surface area contributed by atoms with Gasteiger partial charge < -0.3 is 15.2 Å². The standard InChI is InChI=1S/C11H12N4O2S/c1-6-13-11(15-14-6)18-10-5-9-8(4-7(10)12)16-2-3-17-9/h4-5H,2-3,12H2,1H3,(H,13,14,15). The highest BCUT2D eigenvalue weighted by molar-refractivity contribution is 7.99. The molecule has 94 valence electrons. The van der Waals surface area contributed by atoms with E-state index in [9.17, 15) is 0 Å². The molecule has 0 unspecified atom stereocenters. The maximum atomic E-state index is 5.98. The van der Waals surface area contributed by atoms with Crippen molar-refractivity contribution in [2.24, 2.45) is 0 Å². The summed E-state index contributed by atoms with van der Waals surface area (Å²) < 4.78 is 11.0. The molecule has 3 N–H and O–H groups in total. The van der Waals surface area contributed by atoms with E-state index >= 15 is 0 Å². The molecule has 18 heavy (non-hydrogen) atoms. The molecule has 0 radical (unpaired) electrons. The van der Waals surface area contributed by atoms with Crippen LogP contribution in [-0.2, 0) is 0 Å². The van der Waals surface area contributed by atoms with Crippen molar-refractivity contribution < 1.29 is 9.47 Å². The van der Waals surface area contributed by atoms with Gasteiger partial charge in [0.05, 0.1) is 0 Å². The maximum Gasteiger partial charge on any atom is 0.213 e. The molecular formula is C11H12N4O2S. The molecule has 3 rings (SSSR count). The van der Waals surface area contributed by atoms with Crippen LogP contribution in [0.3, 0.4) is 0 Å². The molecule has 0 saturated heterocycles. The first-order valence-corrected chi connectivity index (χ1v) is 6.30. The molecule has 0 atom stereocenters. The van der Waals surface area contributed by atoms with Crippen molar-refractivity contribution in [2.45, 2.75) is 17.0 Å². The molecule has 0 spiro atoms. The topological polar surface area (TPSA) is 86.1 Å². The highest BCUT2D eigenvalue weighted by Crippen LogP contribution is 2.40. The Hall–Kier alpha value is -1.89. The number of aryl methyl sites for hydroxylation is 1. The van der Waals surface area contributed by atoms with Crippen LogP contribution in [0.1, 0.15) is 5.82 Å². The number of H-pyrrole nitrogens is 1. The average molecular weight is 264 g/mol. The van der Waals surface area contributed by atoms with E-state index in [4.69, 9.17) is 15.2 Å². The number of nitrogens with one attached hydrogen (secondary N) is 1. The van der Waals surface area contributed by atoms with Crippen LogP contribution in [0.4, 0.5) is 5.69 Å².